The van der Waals surface area contributed by atoms with Gasteiger partial charge in [0.1, 0.15) is 17.5 Å². The number of hydrazine groups is 1. The second-order valence-electron chi connectivity index (χ2n) is 4.05. The quantitative estimate of drug-likeness (QED) is 0.455. The topological polar surface area (TPSA) is 63.0 Å². The van der Waals surface area contributed by atoms with Crippen molar-refractivity contribution in [2.75, 3.05) is 10.7 Å². The summed E-state index contributed by atoms with van der Waals surface area (Å²) in [7, 11) is 0. The number of anilines is 3. The Labute approximate surface area is 121 Å². The number of nitrogen functional groups attached to an aromatic ring is 1. The molecule has 0 bridgehead atoms. The van der Waals surface area contributed by atoms with E-state index in [0.717, 1.165) is 24.3 Å². The van der Waals surface area contributed by atoms with E-state index in [1.807, 2.05) is 5.43 Å². The highest BCUT2D eigenvalue weighted by molar-refractivity contribution is 6.30. The zero-order chi connectivity index (χ0) is 15.6. The van der Waals surface area contributed by atoms with Crippen molar-refractivity contribution in [3.05, 3.63) is 46.7 Å². The zero-order valence-corrected chi connectivity index (χ0v) is 11.1. The van der Waals surface area contributed by atoms with E-state index in [0.29, 0.717) is 0 Å². The molecule has 4 nitrogen and oxygen atoms in total. The van der Waals surface area contributed by atoms with Gasteiger partial charge in [-0.05, 0) is 30.3 Å². The van der Waals surface area contributed by atoms with Crippen molar-refractivity contribution in [2.45, 2.75) is 6.18 Å². The Hall–Kier alpha value is -2.06. The third kappa shape index (κ3) is 3.96. The van der Waals surface area contributed by atoms with E-state index in [4.69, 9.17) is 17.4 Å². The molecule has 0 amide bonds. The summed E-state index contributed by atoms with van der Waals surface area (Å²) >= 11 is 5.67. The second-order valence-corrected chi connectivity index (χ2v) is 4.49. The summed E-state index contributed by atoms with van der Waals surface area (Å²) in [6.45, 7) is 0. The summed E-state index contributed by atoms with van der Waals surface area (Å²) in [6, 6.07) is 5.02. The van der Waals surface area contributed by atoms with Crippen LogP contribution in [0.2, 0.25) is 5.02 Å². The van der Waals surface area contributed by atoms with Gasteiger partial charge in [-0.25, -0.2) is 15.2 Å². The Bertz CT molecular complexity index is 640. The van der Waals surface area contributed by atoms with Crippen LogP contribution in [0.4, 0.5) is 34.9 Å². The van der Waals surface area contributed by atoms with E-state index in [1.54, 1.807) is 0 Å². The highest BCUT2D eigenvalue weighted by Gasteiger charge is 2.31. The van der Waals surface area contributed by atoms with Gasteiger partial charge in [0, 0.05) is 10.7 Å². The molecule has 0 aliphatic carbocycles. The van der Waals surface area contributed by atoms with Crippen molar-refractivity contribution < 1.29 is 17.6 Å². The average Bonchev–Trinajstić information content (AvgIpc) is 2.36. The van der Waals surface area contributed by atoms with Gasteiger partial charge in [0.25, 0.3) is 0 Å². The van der Waals surface area contributed by atoms with Crippen molar-refractivity contribution in [2.24, 2.45) is 5.84 Å². The van der Waals surface area contributed by atoms with Crippen LogP contribution in [0.25, 0.3) is 0 Å². The molecule has 0 saturated carbocycles. The van der Waals surface area contributed by atoms with Crippen LogP contribution in [0.5, 0.6) is 0 Å². The summed E-state index contributed by atoms with van der Waals surface area (Å²) in [4.78, 5) is 3.81. The molecule has 0 fully saturated rings. The smallest absolute Gasteiger partial charge is 0.340 e. The van der Waals surface area contributed by atoms with Gasteiger partial charge in [0.05, 0.1) is 5.56 Å². The van der Waals surface area contributed by atoms with Gasteiger partial charge in [0.2, 0.25) is 0 Å². The largest absolute Gasteiger partial charge is 0.416 e. The standard InChI is InChI=1S/C12H9ClF4N4/c13-7-3-8(14)5-9(4-7)19-10-1-6(12(15,16)17)2-11(20-10)21-18/h1-5H,18H2,(H2,19,20,21). The lowest BCUT2D eigenvalue weighted by molar-refractivity contribution is -0.137. The summed E-state index contributed by atoms with van der Waals surface area (Å²) in [6.07, 6.45) is -4.56. The first-order valence-corrected chi connectivity index (χ1v) is 5.95. The van der Waals surface area contributed by atoms with Crippen LogP contribution in [-0.4, -0.2) is 4.98 Å². The summed E-state index contributed by atoms with van der Waals surface area (Å²) in [5.74, 6) is 4.11. The van der Waals surface area contributed by atoms with E-state index in [-0.39, 0.29) is 22.3 Å². The highest BCUT2D eigenvalue weighted by atomic mass is 35.5. The number of nitrogens with zero attached hydrogens (tertiary/aromatic N) is 1. The number of rotatable bonds is 3. The molecule has 21 heavy (non-hydrogen) atoms. The van der Waals surface area contributed by atoms with Crippen LogP contribution >= 0.6 is 11.6 Å². The lowest BCUT2D eigenvalue weighted by Gasteiger charge is -2.12. The van der Waals surface area contributed by atoms with Gasteiger partial charge in [-0.15, -0.1) is 0 Å². The number of nitrogens with two attached hydrogens (primary N) is 1. The number of hydrogen-bond acceptors (Lipinski definition) is 4. The fourth-order valence-electron chi connectivity index (χ4n) is 1.61. The lowest BCUT2D eigenvalue weighted by Crippen LogP contribution is -2.13. The van der Waals surface area contributed by atoms with Crippen LogP contribution in [0.1, 0.15) is 5.56 Å². The summed E-state index contributed by atoms with van der Waals surface area (Å²) < 4.78 is 51.4. The predicted molar refractivity (Wildman–Crippen MR) is 71.7 cm³/mol. The van der Waals surface area contributed by atoms with Crippen LogP contribution in [0.3, 0.4) is 0 Å². The number of hydrogen-bond donors (Lipinski definition) is 3. The molecule has 1 aromatic carbocycles. The maximum atomic E-state index is 13.2. The molecule has 9 heteroatoms. The van der Waals surface area contributed by atoms with E-state index in [9.17, 15) is 17.6 Å². The van der Waals surface area contributed by atoms with Crippen molar-refractivity contribution in [3.63, 3.8) is 0 Å². The van der Waals surface area contributed by atoms with Crippen LogP contribution < -0.4 is 16.6 Å². The molecule has 0 aliphatic rings. The Morgan fingerprint density at radius 2 is 1.71 bits per heavy atom. The number of nitrogens with one attached hydrogen (secondary N) is 2. The van der Waals surface area contributed by atoms with E-state index < -0.39 is 17.6 Å². The molecule has 2 aromatic rings. The minimum absolute atomic E-state index is 0.0987. The number of halogens is 5. The van der Waals surface area contributed by atoms with Crippen molar-refractivity contribution in [1.29, 1.82) is 0 Å². The molecule has 0 radical (unpaired) electrons. The minimum Gasteiger partial charge on any atom is -0.340 e. The van der Waals surface area contributed by atoms with Gasteiger partial charge in [0.15, 0.2) is 0 Å². The van der Waals surface area contributed by atoms with Gasteiger partial charge in [-0.3, -0.25) is 0 Å². The van der Waals surface area contributed by atoms with Crippen LogP contribution in [0, 0.1) is 5.82 Å². The van der Waals surface area contributed by atoms with Gasteiger partial charge in [-0.2, -0.15) is 13.2 Å². The molecule has 4 N–H and O–H groups in total. The molecular weight excluding hydrogens is 312 g/mol. The van der Waals surface area contributed by atoms with Gasteiger partial charge >= 0.3 is 6.18 Å². The molecule has 0 atom stereocenters. The van der Waals surface area contributed by atoms with Crippen molar-refractivity contribution >= 4 is 28.9 Å². The fraction of sp³-hybridized carbons (Fsp3) is 0.0833. The Kier molecular flexibility index (Phi) is 4.19. The highest BCUT2D eigenvalue weighted by Crippen LogP contribution is 2.32. The van der Waals surface area contributed by atoms with E-state index >= 15 is 0 Å². The van der Waals surface area contributed by atoms with E-state index in [1.165, 1.54) is 6.07 Å². The maximum absolute atomic E-state index is 13.2. The summed E-state index contributed by atoms with van der Waals surface area (Å²) in [5.41, 5.74) is 1.25. The molecular formula is C12H9ClF4N4. The normalized spacial score (nSPS) is 11.3. The molecule has 0 saturated heterocycles. The molecule has 1 aromatic heterocycles. The Balaban J connectivity index is 2.39. The van der Waals surface area contributed by atoms with Crippen LogP contribution in [-0.2, 0) is 6.18 Å². The van der Waals surface area contributed by atoms with Crippen molar-refractivity contribution in [3.8, 4) is 0 Å². The predicted octanol–water partition coefficient (Wildman–Crippen LogP) is 3.92. The fourth-order valence-corrected chi connectivity index (χ4v) is 1.83. The van der Waals surface area contributed by atoms with Crippen molar-refractivity contribution in [1.82, 2.24) is 4.98 Å². The monoisotopic (exact) mass is 320 g/mol. The minimum atomic E-state index is -4.56. The zero-order valence-electron chi connectivity index (χ0n) is 10.3. The first kappa shape index (κ1) is 15.3. The number of aromatic nitrogens is 1. The molecule has 112 valence electrons. The van der Waals surface area contributed by atoms with Gasteiger partial charge < -0.3 is 10.7 Å². The number of benzene rings is 1. The molecule has 0 unspecified atom stereocenters. The average molecular weight is 321 g/mol. The Morgan fingerprint density at radius 3 is 2.29 bits per heavy atom. The first-order chi connectivity index (χ1) is 9.77. The molecule has 0 spiro atoms. The third-order valence-electron chi connectivity index (χ3n) is 2.44. The maximum Gasteiger partial charge on any atom is 0.416 e. The number of alkyl halides is 3. The second kappa shape index (κ2) is 5.74. The van der Waals surface area contributed by atoms with Crippen LogP contribution in [0.15, 0.2) is 30.3 Å². The first-order valence-electron chi connectivity index (χ1n) is 5.57. The summed E-state index contributed by atoms with van der Waals surface area (Å²) in [5, 5.41) is 2.64. The molecule has 2 rings (SSSR count). The molecule has 1 heterocycles. The van der Waals surface area contributed by atoms with Gasteiger partial charge in [-0.1, -0.05) is 11.6 Å². The SMILES string of the molecule is NNc1cc(C(F)(F)F)cc(Nc2cc(F)cc(Cl)c2)n1. The number of pyridine rings is 1. The lowest BCUT2D eigenvalue weighted by atomic mass is 10.2. The molecule has 0 aliphatic heterocycles. The third-order valence-corrected chi connectivity index (χ3v) is 2.65. The Morgan fingerprint density at radius 1 is 1.05 bits per heavy atom. The van der Waals surface area contributed by atoms with E-state index in [2.05, 4.69) is 10.3 Å².